The Morgan fingerprint density at radius 3 is 1.81 bits per heavy atom. The van der Waals surface area contributed by atoms with Crippen LogP contribution in [0.2, 0.25) is 0 Å². The van der Waals surface area contributed by atoms with E-state index in [0.717, 1.165) is 44.9 Å². The molecule has 11 N–H and O–H groups in total. The molecule has 6 aliphatic heterocycles. The van der Waals surface area contributed by atoms with Gasteiger partial charge in [-0.25, -0.2) is 0 Å². The normalized spacial score (nSPS) is 58.8. The molecule has 72 heavy (non-hydrogen) atoms. The van der Waals surface area contributed by atoms with Crippen LogP contribution in [0.4, 0.5) is 0 Å². The minimum Gasteiger partial charge on any atom is -0.394 e. The highest BCUT2D eigenvalue weighted by Crippen LogP contribution is 2.72. The van der Waals surface area contributed by atoms with Gasteiger partial charge in [0.25, 0.3) is 0 Å². The average molecular weight is 1030 g/mol. The fourth-order valence-electron chi connectivity index (χ4n) is 15.4. The van der Waals surface area contributed by atoms with Gasteiger partial charge in [0.05, 0.1) is 43.7 Å². The van der Waals surface area contributed by atoms with Crippen LogP contribution in [0.3, 0.4) is 0 Å². The summed E-state index contributed by atoms with van der Waals surface area (Å²) in [6, 6.07) is 0. The Morgan fingerprint density at radius 1 is 0.597 bits per heavy atom. The highest BCUT2D eigenvalue weighted by molar-refractivity contribution is 5.29. The smallest absolute Gasteiger partial charge is 0.187 e. The molecule has 0 radical (unpaired) electrons. The van der Waals surface area contributed by atoms with Crippen molar-refractivity contribution in [3.63, 3.8) is 0 Å². The second-order valence-electron chi connectivity index (χ2n) is 23.9. The molecule has 4 aliphatic carbocycles. The molecule has 412 valence electrons. The molecular weight excluding hydrogens is 949 g/mol. The largest absolute Gasteiger partial charge is 0.394 e. The third-order valence-electron chi connectivity index (χ3n) is 20.0. The number of aliphatic hydroxyl groups excluding tert-OH is 10. The van der Waals surface area contributed by atoms with Crippen molar-refractivity contribution in [3.05, 3.63) is 11.6 Å². The molecule has 21 heteroatoms. The van der Waals surface area contributed by atoms with E-state index in [4.69, 9.17) is 47.4 Å². The number of rotatable bonds is 9. The van der Waals surface area contributed by atoms with E-state index in [1.807, 2.05) is 0 Å². The van der Waals surface area contributed by atoms with Gasteiger partial charge >= 0.3 is 0 Å². The first-order valence-corrected chi connectivity index (χ1v) is 26.7. The quantitative estimate of drug-likeness (QED) is 0.126. The van der Waals surface area contributed by atoms with Gasteiger partial charge in [0, 0.05) is 17.8 Å². The predicted octanol–water partition coefficient (Wildman–Crippen LogP) is -0.792. The first kappa shape index (κ1) is 54.3. The lowest BCUT2D eigenvalue weighted by atomic mass is 9.46. The number of fused-ring (bicyclic) bond motifs is 7. The molecule has 9 fully saturated rings. The summed E-state index contributed by atoms with van der Waals surface area (Å²) in [5.41, 5.74) is -0.230. The Bertz CT molecular complexity index is 1940. The lowest BCUT2D eigenvalue weighted by Crippen LogP contribution is -2.67. The third kappa shape index (κ3) is 8.63. The fraction of sp³-hybridized carbons (Fsp3) is 0.961. The highest BCUT2D eigenvalue weighted by atomic mass is 16.8. The Morgan fingerprint density at radius 2 is 1.19 bits per heavy atom. The van der Waals surface area contributed by atoms with Crippen molar-refractivity contribution >= 4 is 0 Å². The number of hydrogen-bond donors (Lipinski definition) is 11. The van der Waals surface area contributed by atoms with E-state index >= 15 is 0 Å². The maximum atomic E-state index is 12.9. The number of ether oxygens (including phenoxy) is 10. The van der Waals surface area contributed by atoms with E-state index in [2.05, 4.69) is 33.8 Å². The van der Waals surface area contributed by atoms with Crippen LogP contribution in [-0.2, 0) is 47.4 Å². The minimum absolute atomic E-state index is 0.151. The van der Waals surface area contributed by atoms with Crippen LogP contribution in [0.5, 0.6) is 0 Å². The third-order valence-corrected chi connectivity index (χ3v) is 20.0. The van der Waals surface area contributed by atoms with Gasteiger partial charge in [0.15, 0.2) is 30.9 Å². The van der Waals surface area contributed by atoms with E-state index in [0.29, 0.717) is 37.2 Å². The molecule has 1 unspecified atom stereocenters. The van der Waals surface area contributed by atoms with Crippen LogP contribution < -0.4 is 0 Å². The number of aliphatic hydroxyl groups is 11. The van der Waals surface area contributed by atoms with Crippen LogP contribution in [-0.4, -0.2) is 216 Å². The molecule has 21 nitrogen and oxygen atoms in total. The fourth-order valence-corrected chi connectivity index (χ4v) is 15.4. The zero-order valence-corrected chi connectivity index (χ0v) is 42.4. The summed E-state index contributed by atoms with van der Waals surface area (Å²) in [4.78, 5) is 0. The van der Waals surface area contributed by atoms with Crippen LogP contribution in [0, 0.1) is 40.4 Å². The van der Waals surface area contributed by atoms with Crippen molar-refractivity contribution < 1.29 is 104 Å². The van der Waals surface area contributed by atoms with E-state index in [-0.39, 0.29) is 28.8 Å². The van der Waals surface area contributed by atoms with E-state index < -0.39 is 147 Å². The highest BCUT2D eigenvalue weighted by Gasteiger charge is 2.76. The molecule has 0 aromatic carbocycles. The van der Waals surface area contributed by atoms with E-state index in [1.165, 1.54) is 26.3 Å². The van der Waals surface area contributed by atoms with Crippen molar-refractivity contribution in [2.45, 2.75) is 253 Å². The van der Waals surface area contributed by atoms with Gasteiger partial charge in [-0.2, -0.15) is 0 Å². The topological polar surface area (TPSA) is 315 Å². The second-order valence-corrected chi connectivity index (χ2v) is 23.9. The molecule has 31 atom stereocenters. The van der Waals surface area contributed by atoms with Crippen molar-refractivity contribution in [2.24, 2.45) is 40.4 Å². The molecule has 3 saturated carbocycles. The summed E-state index contributed by atoms with van der Waals surface area (Å²) in [5.74, 6) is 0.531. The summed E-state index contributed by atoms with van der Waals surface area (Å²) in [6.45, 7) is 13.3. The van der Waals surface area contributed by atoms with Crippen LogP contribution in [0.1, 0.15) is 106 Å². The zero-order chi connectivity index (χ0) is 51.7. The van der Waals surface area contributed by atoms with E-state index in [1.54, 1.807) is 0 Å². The molecule has 0 amide bonds. The van der Waals surface area contributed by atoms with Crippen molar-refractivity contribution in [1.82, 2.24) is 0 Å². The number of allylic oxidation sites excluding steroid dienone is 1. The van der Waals surface area contributed by atoms with Crippen molar-refractivity contribution in [1.29, 1.82) is 0 Å². The van der Waals surface area contributed by atoms with Crippen molar-refractivity contribution in [3.8, 4) is 0 Å². The molecule has 10 rings (SSSR count). The maximum absolute atomic E-state index is 12.9. The molecule has 10 aliphatic rings. The minimum atomic E-state index is -1.86. The first-order valence-electron chi connectivity index (χ1n) is 26.7. The first-order chi connectivity index (χ1) is 34.0. The van der Waals surface area contributed by atoms with Crippen molar-refractivity contribution in [2.75, 3.05) is 13.2 Å². The molecule has 6 heterocycles. The zero-order valence-electron chi connectivity index (χ0n) is 42.4. The Labute approximate surface area is 420 Å². The average Bonchev–Trinajstić information content (AvgIpc) is 3.71. The standard InChI is InChI=1S/C51H82O21/c1-20-10-15-50(63-19-20)24(5)51(62)31(72-50)17-29-27-9-8-25-16-26(11-13-48(25,6)28(27)12-14-49(29,51)7)67-47-43(71-45-38(59)35(56)33(54)22(3)65-45)40(61)42(30(18-52)68-47)70-46-39(60)36(57)41(23(4)66-46)69-44-37(58)34(55)32(53)21(2)64-44/h8,20-24,26-47,52-62H,9-19H2,1-7H3/t20-,21+,22+,23+,24-,26?,27-,28-,29+,30-,31+,32+,33+,34-,35-,36+,37-,38-,39-,40+,41+,42-,43-,44+,45+,46+,47-,48+,49+,50-,51-/m1/s1. The second kappa shape index (κ2) is 20.0. The van der Waals surface area contributed by atoms with Gasteiger partial charge in [-0.3, -0.25) is 0 Å². The monoisotopic (exact) mass is 1030 g/mol. The summed E-state index contributed by atoms with van der Waals surface area (Å²) in [6.07, 6.45) is -21.2. The molecule has 6 saturated heterocycles. The van der Waals surface area contributed by atoms with Gasteiger partial charge in [-0.15, -0.1) is 0 Å². The van der Waals surface area contributed by atoms with Crippen LogP contribution >= 0.6 is 0 Å². The Kier molecular flexibility index (Phi) is 15.1. The van der Waals surface area contributed by atoms with Gasteiger partial charge < -0.3 is 104 Å². The van der Waals surface area contributed by atoms with Gasteiger partial charge in [-0.05, 0) is 101 Å². The lowest BCUT2D eigenvalue weighted by Gasteiger charge is -2.60. The van der Waals surface area contributed by atoms with Crippen LogP contribution in [0.15, 0.2) is 11.6 Å². The molecular formula is C51H82O21. The molecule has 0 aromatic rings. The summed E-state index contributed by atoms with van der Waals surface area (Å²) in [5, 5.41) is 122. The molecule has 1 spiro atoms. The Balaban J connectivity index is 0.842. The molecule has 0 aromatic heterocycles. The summed E-state index contributed by atoms with van der Waals surface area (Å²) >= 11 is 0. The number of hydrogen-bond acceptors (Lipinski definition) is 21. The predicted molar refractivity (Wildman–Crippen MR) is 245 cm³/mol. The van der Waals surface area contributed by atoms with Gasteiger partial charge in [0.1, 0.15) is 85.0 Å². The van der Waals surface area contributed by atoms with Gasteiger partial charge in [0.2, 0.25) is 0 Å². The van der Waals surface area contributed by atoms with Crippen LogP contribution in [0.25, 0.3) is 0 Å². The maximum Gasteiger partial charge on any atom is 0.187 e. The molecule has 0 bridgehead atoms. The summed E-state index contributed by atoms with van der Waals surface area (Å²) in [7, 11) is 0. The summed E-state index contributed by atoms with van der Waals surface area (Å²) < 4.78 is 61.9. The lowest BCUT2D eigenvalue weighted by molar-refractivity contribution is -0.394. The Hall–Kier alpha value is -1.10. The van der Waals surface area contributed by atoms with E-state index in [9.17, 15) is 56.2 Å². The van der Waals surface area contributed by atoms with Gasteiger partial charge in [-0.1, -0.05) is 39.3 Å². The SMILES string of the molecule is C[C@@H]1CC[C@@]2(OC1)O[C@H]1C[C@H]3[C@@H]4CC=C5CC(O[C@@H]6O[C@H](CO)[C@@H](O[C@@H]7O[C@@H](C)[C@H](O[C@@H]8O[C@@H](C)[C@H](O)[C@@H](O)[C@H]8O)[C@@H](O)[C@H]7O)[C@H](O)[C@H]6O[C@@H]6O[C@@H](C)[C@H](O)[C@@H](O)[C@H]6O)CC[C@]5(C)[C@@H]4CC[C@]3(C)[C@@]1(O)[C@@H]2C.